The molecule has 18 heavy (non-hydrogen) atoms. The van der Waals surface area contributed by atoms with E-state index in [0.29, 0.717) is 18.8 Å². The summed E-state index contributed by atoms with van der Waals surface area (Å²) >= 11 is 5.85. The highest BCUT2D eigenvalue weighted by molar-refractivity contribution is 6.18. The fourth-order valence-corrected chi connectivity index (χ4v) is 2.64. The van der Waals surface area contributed by atoms with E-state index in [2.05, 4.69) is 4.98 Å². The highest BCUT2D eigenvalue weighted by atomic mass is 35.5. The lowest BCUT2D eigenvalue weighted by Gasteiger charge is -2.18. The molecule has 1 unspecified atom stereocenters. The predicted molar refractivity (Wildman–Crippen MR) is 72.9 cm³/mol. The lowest BCUT2D eigenvalue weighted by atomic mass is 10.1. The number of alkyl halides is 1. The molecule has 1 fully saturated rings. The number of amides is 1. The van der Waals surface area contributed by atoms with Crippen molar-refractivity contribution < 1.29 is 4.79 Å². The van der Waals surface area contributed by atoms with Crippen molar-refractivity contribution in [3.8, 4) is 0 Å². The Labute approximate surface area is 110 Å². The number of hydrogen-bond acceptors (Lipinski definition) is 2. The van der Waals surface area contributed by atoms with Crippen LogP contribution in [0.1, 0.15) is 6.42 Å². The summed E-state index contributed by atoms with van der Waals surface area (Å²) < 4.78 is 0. The van der Waals surface area contributed by atoms with Crippen molar-refractivity contribution in [1.82, 2.24) is 4.98 Å². The summed E-state index contributed by atoms with van der Waals surface area (Å²) in [5, 5.41) is 2.12. The molecule has 1 aromatic carbocycles. The molecule has 0 aliphatic carbocycles. The minimum Gasteiger partial charge on any atom is -0.310 e. The zero-order valence-corrected chi connectivity index (χ0v) is 10.6. The highest BCUT2D eigenvalue weighted by Crippen LogP contribution is 2.30. The van der Waals surface area contributed by atoms with E-state index in [1.54, 1.807) is 6.20 Å². The zero-order valence-electron chi connectivity index (χ0n) is 9.84. The maximum absolute atomic E-state index is 12.0. The first-order chi connectivity index (χ1) is 8.79. The van der Waals surface area contributed by atoms with Gasteiger partial charge in [-0.3, -0.25) is 9.78 Å². The Kier molecular flexibility index (Phi) is 2.92. The topological polar surface area (TPSA) is 33.2 Å². The monoisotopic (exact) mass is 260 g/mol. The standard InChI is InChI=1S/C14H13ClN2O/c15-6-10-5-14(18)17(9-10)13-8-16-7-11-3-1-2-4-12(11)13/h1-4,7-8,10H,5-6,9H2. The van der Waals surface area contributed by atoms with Crippen LogP contribution in [0.2, 0.25) is 0 Å². The molecule has 0 radical (unpaired) electrons. The Balaban J connectivity index is 2.07. The molecule has 0 bridgehead atoms. The van der Waals surface area contributed by atoms with Crippen molar-refractivity contribution in [2.75, 3.05) is 17.3 Å². The van der Waals surface area contributed by atoms with Gasteiger partial charge in [-0.15, -0.1) is 11.6 Å². The SMILES string of the molecule is O=C1CC(CCl)CN1c1cncc2ccccc12. The van der Waals surface area contributed by atoms with Gasteiger partial charge in [-0.25, -0.2) is 0 Å². The molecule has 92 valence electrons. The molecule has 0 spiro atoms. The Hall–Kier alpha value is -1.61. The molecule has 4 heteroatoms. The van der Waals surface area contributed by atoms with Crippen LogP contribution in [-0.2, 0) is 4.79 Å². The molecule has 0 N–H and O–H groups in total. The molecule has 1 amide bonds. The number of pyridine rings is 1. The second-order valence-electron chi connectivity index (χ2n) is 4.61. The van der Waals surface area contributed by atoms with Gasteiger partial charge in [-0.05, 0) is 5.92 Å². The summed E-state index contributed by atoms with van der Waals surface area (Å²) in [6, 6.07) is 7.98. The van der Waals surface area contributed by atoms with E-state index < -0.39 is 0 Å². The molecule has 2 aromatic rings. The van der Waals surface area contributed by atoms with Crippen LogP contribution >= 0.6 is 11.6 Å². The van der Waals surface area contributed by atoms with Gasteiger partial charge in [-0.2, -0.15) is 0 Å². The predicted octanol–water partition coefficient (Wildman–Crippen LogP) is 2.83. The van der Waals surface area contributed by atoms with E-state index in [0.717, 1.165) is 16.5 Å². The Morgan fingerprint density at radius 2 is 2.17 bits per heavy atom. The molecule has 3 rings (SSSR count). The van der Waals surface area contributed by atoms with Crippen LogP contribution in [0.4, 0.5) is 5.69 Å². The Bertz CT molecular complexity index is 594. The number of nitrogens with zero attached hydrogens (tertiary/aromatic N) is 2. The van der Waals surface area contributed by atoms with Gasteiger partial charge in [0.1, 0.15) is 0 Å². The molecule has 1 aromatic heterocycles. The number of hydrogen-bond donors (Lipinski definition) is 0. The van der Waals surface area contributed by atoms with Gasteiger partial charge in [0.15, 0.2) is 0 Å². The Morgan fingerprint density at radius 1 is 1.33 bits per heavy atom. The van der Waals surface area contributed by atoms with Crippen LogP contribution in [0.25, 0.3) is 10.8 Å². The number of benzene rings is 1. The van der Waals surface area contributed by atoms with E-state index in [4.69, 9.17) is 11.6 Å². The van der Waals surface area contributed by atoms with Gasteiger partial charge in [0.2, 0.25) is 5.91 Å². The number of rotatable bonds is 2. The van der Waals surface area contributed by atoms with E-state index in [-0.39, 0.29) is 11.8 Å². The number of carbonyl (C=O) groups excluding carboxylic acids is 1. The van der Waals surface area contributed by atoms with Crippen LogP contribution in [0.15, 0.2) is 36.7 Å². The van der Waals surface area contributed by atoms with Crippen molar-refractivity contribution in [1.29, 1.82) is 0 Å². The molecule has 2 heterocycles. The van der Waals surface area contributed by atoms with Gasteiger partial charge < -0.3 is 4.90 Å². The van der Waals surface area contributed by atoms with Crippen LogP contribution in [-0.4, -0.2) is 23.3 Å². The first-order valence-electron chi connectivity index (χ1n) is 5.98. The van der Waals surface area contributed by atoms with Gasteiger partial charge in [0.05, 0.1) is 11.9 Å². The zero-order chi connectivity index (χ0) is 12.5. The molecular weight excluding hydrogens is 248 g/mol. The number of halogens is 1. The van der Waals surface area contributed by atoms with E-state index in [1.165, 1.54) is 0 Å². The summed E-state index contributed by atoms with van der Waals surface area (Å²) in [5.74, 6) is 0.914. The van der Waals surface area contributed by atoms with Crippen LogP contribution < -0.4 is 4.90 Å². The first kappa shape index (κ1) is 11.5. The average molecular weight is 261 g/mol. The molecule has 1 saturated heterocycles. The second kappa shape index (κ2) is 4.58. The summed E-state index contributed by atoms with van der Waals surface area (Å²) in [5.41, 5.74) is 0.894. The molecule has 3 nitrogen and oxygen atoms in total. The fraction of sp³-hybridized carbons (Fsp3) is 0.286. The second-order valence-corrected chi connectivity index (χ2v) is 4.92. The third kappa shape index (κ3) is 1.85. The van der Waals surface area contributed by atoms with Crippen LogP contribution in [0.3, 0.4) is 0 Å². The normalized spacial score (nSPS) is 19.7. The minimum absolute atomic E-state index is 0.138. The number of fused-ring (bicyclic) bond motifs is 1. The number of carbonyl (C=O) groups is 1. The summed E-state index contributed by atoms with van der Waals surface area (Å²) in [4.78, 5) is 18.1. The molecular formula is C14H13ClN2O. The quantitative estimate of drug-likeness (QED) is 0.778. The van der Waals surface area contributed by atoms with E-state index in [9.17, 15) is 4.79 Å². The van der Waals surface area contributed by atoms with Gasteiger partial charge in [0, 0.05) is 35.8 Å². The largest absolute Gasteiger partial charge is 0.310 e. The van der Waals surface area contributed by atoms with E-state index >= 15 is 0 Å². The summed E-state index contributed by atoms with van der Waals surface area (Å²) in [6.07, 6.45) is 4.11. The summed E-state index contributed by atoms with van der Waals surface area (Å²) in [6.45, 7) is 0.692. The summed E-state index contributed by atoms with van der Waals surface area (Å²) in [7, 11) is 0. The molecule has 1 aliphatic rings. The lowest BCUT2D eigenvalue weighted by Crippen LogP contribution is -2.25. The average Bonchev–Trinajstić information content (AvgIpc) is 2.79. The van der Waals surface area contributed by atoms with Crippen LogP contribution in [0.5, 0.6) is 0 Å². The van der Waals surface area contributed by atoms with Crippen molar-refractivity contribution in [2.24, 2.45) is 5.92 Å². The first-order valence-corrected chi connectivity index (χ1v) is 6.52. The van der Waals surface area contributed by atoms with Crippen molar-refractivity contribution in [3.05, 3.63) is 36.7 Å². The smallest absolute Gasteiger partial charge is 0.227 e. The fourth-order valence-electron chi connectivity index (χ4n) is 2.43. The molecule has 1 atom stereocenters. The number of anilines is 1. The number of aromatic nitrogens is 1. The van der Waals surface area contributed by atoms with Gasteiger partial charge in [0.25, 0.3) is 0 Å². The molecule has 0 saturated carbocycles. The molecule has 1 aliphatic heterocycles. The van der Waals surface area contributed by atoms with E-state index in [1.807, 2.05) is 35.4 Å². The highest BCUT2D eigenvalue weighted by Gasteiger charge is 2.30. The van der Waals surface area contributed by atoms with Gasteiger partial charge in [-0.1, -0.05) is 24.3 Å². The van der Waals surface area contributed by atoms with Gasteiger partial charge >= 0.3 is 0 Å². The van der Waals surface area contributed by atoms with Crippen molar-refractivity contribution in [2.45, 2.75) is 6.42 Å². The maximum Gasteiger partial charge on any atom is 0.227 e. The third-order valence-corrected chi connectivity index (χ3v) is 3.80. The minimum atomic E-state index is 0.138. The third-order valence-electron chi connectivity index (χ3n) is 3.36. The van der Waals surface area contributed by atoms with Crippen molar-refractivity contribution >= 4 is 34.0 Å². The Morgan fingerprint density at radius 3 is 2.94 bits per heavy atom. The maximum atomic E-state index is 12.0. The van der Waals surface area contributed by atoms with Crippen LogP contribution in [0, 0.1) is 5.92 Å². The lowest BCUT2D eigenvalue weighted by molar-refractivity contribution is -0.117. The van der Waals surface area contributed by atoms with Crippen molar-refractivity contribution in [3.63, 3.8) is 0 Å².